The number of hydrogen-bond donors (Lipinski definition) is 1. The average Bonchev–Trinajstić information content (AvgIpc) is 2.76. The van der Waals surface area contributed by atoms with Crippen LogP contribution in [0, 0.1) is 0 Å². The minimum Gasteiger partial charge on any atom is -0.339 e. The summed E-state index contributed by atoms with van der Waals surface area (Å²) >= 11 is 0. The van der Waals surface area contributed by atoms with Crippen LogP contribution in [0.3, 0.4) is 0 Å². The molecule has 20 heavy (non-hydrogen) atoms. The third kappa shape index (κ3) is 2.22. The maximum Gasteiger partial charge on any atom is 0.0696 e. The Bertz CT molecular complexity index is 658. The molecule has 106 valence electrons. The topological polar surface area (TPSA) is 34.2 Å². The van der Waals surface area contributed by atoms with Gasteiger partial charge in [0.2, 0.25) is 0 Å². The maximum atomic E-state index is 6.06. The molecule has 0 saturated heterocycles. The van der Waals surface area contributed by atoms with Crippen molar-refractivity contribution >= 4 is 16.5 Å². The number of aromatic nitrogens is 1. The van der Waals surface area contributed by atoms with E-state index < -0.39 is 0 Å². The highest BCUT2D eigenvalue weighted by Crippen LogP contribution is 2.31. The van der Waals surface area contributed by atoms with Crippen LogP contribution in [0.1, 0.15) is 32.8 Å². The zero-order chi connectivity index (χ0) is 14.3. The van der Waals surface area contributed by atoms with Gasteiger partial charge in [-0.1, -0.05) is 24.3 Å². The van der Waals surface area contributed by atoms with E-state index in [9.17, 15) is 0 Å². The first-order chi connectivity index (χ1) is 9.47. The molecule has 2 heterocycles. The van der Waals surface area contributed by atoms with Crippen LogP contribution < -0.4 is 5.84 Å². The zero-order valence-electron chi connectivity index (χ0n) is 12.6. The summed E-state index contributed by atoms with van der Waals surface area (Å²) in [7, 11) is 0. The van der Waals surface area contributed by atoms with E-state index >= 15 is 0 Å². The molecule has 0 saturated carbocycles. The summed E-state index contributed by atoms with van der Waals surface area (Å²) in [6.07, 6.45) is 5.51. The zero-order valence-corrected chi connectivity index (χ0v) is 12.6. The molecule has 0 unspecified atom stereocenters. The Hall–Kier alpha value is -1.74. The monoisotopic (exact) mass is 269 g/mol. The Labute approximate surface area is 120 Å². The van der Waals surface area contributed by atoms with Crippen molar-refractivity contribution in [1.29, 1.82) is 0 Å². The molecule has 3 rings (SSSR count). The van der Waals surface area contributed by atoms with Crippen molar-refractivity contribution < 1.29 is 0 Å². The third-order valence-corrected chi connectivity index (χ3v) is 4.24. The highest BCUT2D eigenvalue weighted by molar-refractivity contribution is 5.93. The van der Waals surface area contributed by atoms with Gasteiger partial charge in [-0.3, -0.25) is 9.58 Å². The SMILES string of the molecule is CC(C)(C)N1CC=C(c2cn(N)c3ccccc23)CC1. The Morgan fingerprint density at radius 1 is 1.15 bits per heavy atom. The maximum absolute atomic E-state index is 6.06. The molecule has 3 nitrogen and oxygen atoms in total. The standard InChI is InChI=1S/C17H23N3/c1-17(2,3)19-10-8-13(9-11-19)15-12-20(18)16-7-5-4-6-14(15)16/h4-8,12H,9-11,18H2,1-3H3. The lowest BCUT2D eigenvalue weighted by Crippen LogP contribution is -2.43. The van der Waals surface area contributed by atoms with Crippen molar-refractivity contribution in [3.05, 3.63) is 42.1 Å². The van der Waals surface area contributed by atoms with Gasteiger partial charge in [0.1, 0.15) is 0 Å². The molecular weight excluding hydrogens is 246 g/mol. The van der Waals surface area contributed by atoms with Gasteiger partial charge in [-0.25, -0.2) is 0 Å². The molecular formula is C17H23N3. The van der Waals surface area contributed by atoms with Crippen molar-refractivity contribution in [3.8, 4) is 0 Å². The van der Waals surface area contributed by atoms with E-state index in [1.807, 2.05) is 6.07 Å². The number of nitrogens with two attached hydrogens (primary N) is 1. The highest BCUT2D eigenvalue weighted by atomic mass is 15.3. The molecule has 1 aromatic heterocycles. The Morgan fingerprint density at radius 3 is 2.55 bits per heavy atom. The van der Waals surface area contributed by atoms with Gasteiger partial charge in [0.25, 0.3) is 0 Å². The molecule has 0 radical (unpaired) electrons. The summed E-state index contributed by atoms with van der Waals surface area (Å²) in [4.78, 5) is 2.51. The second kappa shape index (κ2) is 4.67. The van der Waals surface area contributed by atoms with E-state index in [4.69, 9.17) is 5.84 Å². The molecule has 0 bridgehead atoms. The van der Waals surface area contributed by atoms with Crippen LogP contribution in [0.25, 0.3) is 16.5 Å². The fraction of sp³-hybridized carbons (Fsp3) is 0.412. The number of nitrogen functional groups attached to an aromatic ring is 1. The third-order valence-electron chi connectivity index (χ3n) is 4.24. The second-order valence-electron chi connectivity index (χ2n) is 6.56. The molecule has 2 aromatic rings. The smallest absolute Gasteiger partial charge is 0.0696 e. The summed E-state index contributed by atoms with van der Waals surface area (Å²) < 4.78 is 1.74. The van der Waals surface area contributed by atoms with Crippen LogP contribution in [-0.2, 0) is 0 Å². The van der Waals surface area contributed by atoms with E-state index in [-0.39, 0.29) is 5.54 Å². The molecule has 3 heteroatoms. The lowest BCUT2D eigenvalue weighted by Gasteiger charge is -2.37. The normalized spacial score (nSPS) is 17.4. The number of benzene rings is 1. The molecule has 0 aliphatic carbocycles. The first-order valence-corrected chi connectivity index (χ1v) is 7.26. The van der Waals surface area contributed by atoms with Crippen LogP contribution in [0.5, 0.6) is 0 Å². The highest BCUT2D eigenvalue weighted by Gasteiger charge is 2.24. The van der Waals surface area contributed by atoms with Gasteiger partial charge in [-0.15, -0.1) is 0 Å². The largest absolute Gasteiger partial charge is 0.339 e. The predicted molar refractivity (Wildman–Crippen MR) is 86.0 cm³/mol. The molecule has 0 amide bonds. The average molecular weight is 269 g/mol. The molecule has 1 aliphatic heterocycles. The minimum atomic E-state index is 0.240. The van der Waals surface area contributed by atoms with Crippen molar-refractivity contribution in [2.45, 2.75) is 32.7 Å². The molecule has 1 aliphatic rings. The first kappa shape index (κ1) is 13.3. The summed E-state index contributed by atoms with van der Waals surface area (Å²) in [6, 6.07) is 8.34. The van der Waals surface area contributed by atoms with Gasteiger partial charge in [-0.2, -0.15) is 0 Å². The quantitative estimate of drug-likeness (QED) is 0.806. The molecule has 0 fully saturated rings. The number of nitrogens with zero attached hydrogens (tertiary/aromatic N) is 2. The van der Waals surface area contributed by atoms with Gasteiger partial charge < -0.3 is 5.84 Å². The van der Waals surface area contributed by atoms with Gasteiger partial charge in [0.05, 0.1) is 5.52 Å². The van der Waals surface area contributed by atoms with Crippen LogP contribution in [0.2, 0.25) is 0 Å². The van der Waals surface area contributed by atoms with Gasteiger partial charge >= 0.3 is 0 Å². The van der Waals surface area contributed by atoms with E-state index in [1.165, 1.54) is 16.5 Å². The molecule has 0 spiro atoms. The minimum absolute atomic E-state index is 0.240. The summed E-state index contributed by atoms with van der Waals surface area (Å²) in [6.45, 7) is 8.95. The second-order valence-corrected chi connectivity index (χ2v) is 6.56. The van der Waals surface area contributed by atoms with Crippen LogP contribution in [0.15, 0.2) is 36.5 Å². The van der Waals surface area contributed by atoms with E-state index in [0.717, 1.165) is 25.0 Å². The van der Waals surface area contributed by atoms with E-state index in [2.05, 4.69) is 56.1 Å². The molecule has 2 N–H and O–H groups in total. The molecule has 0 atom stereocenters. The number of rotatable bonds is 1. The Kier molecular flexibility index (Phi) is 3.09. The van der Waals surface area contributed by atoms with Crippen molar-refractivity contribution in [1.82, 2.24) is 9.58 Å². The first-order valence-electron chi connectivity index (χ1n) is 7.26. The lowest BCUT2D eigenvalue weighted by atomic mass is 9.96. The number of para-hydroxylation sites is 1. The van der Waals surface area contributed by atoms with Crippen LogP contribution >= 0.6 is 0 Å². The summed E-state index contributed by atoms with van der Waals surface area (Å²) in [5.41, 5.74) is 4.05. The summed E-state index contributed by atoms with van der Waals surface area (Å²) in [5, 5.41) is 1.26. The van der Waals surface area contributed by atoms with Crippen LogP contribution in [-0.4, -0.2) is 28.2 Å². The van der Waals surface area contributed by atoms with E-state index in [1.54, 1.807) is 4.68 Å². The molecule has 1 aromatic carbocycles. The lowest BCUT2D eigenvalue weighted by molar-refractivity contribution is 0.153. The fourth-order valence-electron chi connectivity index (χ4n) is 2.98. The summed E-state index contributed by atoms with van der Waals surface area (Å²) in [5.74, 6) is 6.06. The number of fused-ring (bicyclic) bond motifs is 1. The van der Waals surface area contributed by atoms with Gasteiger partial charge in [0, 0.05) is 35.8 Å². The van der Waals surface area contributed by atoms with Crippen LogP contribution in [0.4, 0.5) is 0 Å². The van der Waals surface area contributed by atoms with Crippen molar-refractivity contribution in [2.24, 2.45) is 0 Å². The van der Waals surface area contributed by atoms with Crippen molar-refractivity contribution in [3.63, 3.8) is 0 Å². The number of hydrogen-bond acceptors (Lipinski definition) is 2. The van der Waals surface area contributed by atoms with Crippen molar-refractivity contribution in [2.75, 3.05) is 18.9 Å². The van der Waals surface area contributed by atoms with Gasteiger partial charge in [-0.05, 0) is 38.8 Å². The fourth-order valence-corrected chi connectivity index (χ4v) is 2.98. The van der Waals surface area contributed by atoms with Gasteiger partial charge in [0.15, 0.2) is 0 Å². The van der Waals surface area contributed by atoms with E-state index in [0.29, 0.717) is 0 Å². The predicted octanol–water partition coefficient (Wildman–Crippen LogP) is 3.24. The Morgan fingerprint density at radius 2 is 1.90 bits per heavy atom. The Balaban J connectivity index is 1.96.